The molecule has 9 heteroatoms. The van der Waals surface area contributed by atoms with Gasteiger partial charge in [-0.3, -0.25) is 0 Å². The number of aliphatic carboxylic acids is 1. The van der Waals surface area contributed by atoms with Crippen molar-refractivity contribution in [3.63, 3.8) is 0 Å². The van der Waals surface area contributed by atoms with Crippen LogP contribution in [0.4, 0.5) is 4.79 Å². The van der Waals surface area contributed by atoms with Crippen molar-refractivity contribution in [2.45, 2.75) is 45.3 Å². The molecule has 0 radical (unpaired) electrons. The molecule has 1 amide bonds. The molecule has 0 aliphatic carbocycles. The van der Waals surface area contributed by atoms with E-state index in [2.05, 4.69) is 43.8 Å². The van der Waals surface area contributed by atoms with Crippen molar-refractivity contribution in [2.75, 3.05) is 0 Å². The van der Waals surface area contributed by atoms with Crippen LogP contribution >= 0.6 is 61.1 Å². The summed E-state index contributed by atoms with van der Waals surface area (Å²) < 4.78 is 7.41. The molecule has 0 fully saturated rings. The minimum absolute atomic E-state index is 0.0597. The molecule has 3 N–H and O–H groups in total. The topological polar surface area (TPSA) is 95.9 Å². The first-order valence-electron chi connectivity index (χ1n) is 9.03. The molecule has 0 aliphatic heterocycles. The van der Waals surface area contributed by atoms with E-state index < -0.39 is 23.7 Å². The molecule has 0 saturated carbocycles. The lowest BCUT2D eigenvalue weighted by Gasteiger charge is -2.23. The van der Waals surface area contributed by atoms with E-state index in [1.807, 2.05) is 46.9 Å². The van der Waals surface area contributed by atoms with Gasteiger partial charge >= 0.3 is 12.1 Å². The zero-order chi connectivity index (χ0) is 22.6. The first-order chi connectivity index (χ1) is 13.9. The maximum absolute atomic E-state index is 12.1. The number of benzene rings is 2. The highest BCUT2D eigenvalue weighted by Gasteiger charge is 2.26. The highest BCUT2D eigenvalue weighted by atomic mass is 127. The number of carbonyl (C=O) groups is 2. The van der Waals surface area contributed by atoms with Crippen LogP contribution in [0.1, 0.15) is 37.5 Å². The molecule has 0 aromatic heterocycles. The van der Waals surface area contributed by atoms with Crippen molar-refractivity contribution in [2.24, 2.45) is 0 Å². The van der Waals surface area contributed by atoms with Crippen LogP contribution in [0.2, 0.25) is 0 Å². The first kappa shape index (κ1) is 25.2. The fourth-order valence-electron chi connectivity index (χ4n) is 2.79. The zero-order valence-electron chi connectivity index (χ0n) is 16.6. The number of carboxylic acid groups (broad SMARTS) is 1. The van der Waals surface area contributed by atoms with Crippen LogP contribution in [0.3, 0.4) is 0 Å². The number of phenols is 1. The summed E-state index contributed by atoms with van der Waals surface area (Å²) in [4.78, 5) is 23.9. The quantitative estimate of drug-likeness (QED) is 0.347. The first-order valence-corrected chi connectivity index (χ1v) is 12.0. The van der Waals surface area contributed by atoms with Crippen LogP contribution in [-0.4, -0.2) is 33.9 Å². The number of aromatic hydroxyl groups is 1. The summed E-state index contributed by atoms with van der Waals surface area (Å²) in [6.07, 6.45) is -0.216. The highest BCUT2D eigenvalue weighted by Crippen LogP contribution is 2.34. The van der Waals surface area contributed by atoms with Gasteiger partial charge in [0.25, 0.3) is 0 Å². The third-order valence-electron chi connectivity index (χ3n) is 4.07. The summed E-state index contributed by atoms with van der Waals surface area (Å²) in [5, 5.41) is 22.5. The van der Waals surface area contributed by atoms with E-state index in [-0.39, 0.29) is 12.2 Å². The third-order valence-corrected chi connectivity index (χ3v) is 6.55. The maximum Gasteiger partial charge on any atom is 0.408 e. The second kappa shape index (κ2) is 10.5. The van der Waals surface area contributed by atoms with Gasteiger partial charge in [-0.1, -0.05) is 28.1 Å². The van der Waals surface area contributed by atoms with Crippen molar-refractivity contribution in [3.8, 4) is 5.75 Å². The molecule has 0 bridgehead atoms. The summed E-state index contributed by atoms with van der Waals surface area (Å²) in [7, 11) is 0. The summed E-state index contributed by atoms with van der Waals surface area (Å²) in [5.74, 6) is -0.996. The molecule has 0 aliphatic rings. The van der Waals surface area contributed by atoms with E-state index in [0.717, 1.165) is 21.2 Å². The van der Waals surface area contributed by atoms with Gasteiger partial charge in [-0.25, -0.2) is 9.59 Å². The number of carbonyl (C=O) groups excluding carboxylic acids is 1. The van der Waals surface area contributed by atoms with Crippen molar-refractivity contribution in [3.05, 3.63) is 58.6 Å². The molecule has 2 aromatic carbocycles. The number of nitrogens with one attached hydrogen (secondary N) is 1. The average molecular weight is 702 g/mol. The van der Waals surface area contributed by atoms with Gasteiger partial charge in [0.15, 0.2) is 0 Å². The van der Waals surface area contributed by atoms with Crippen molar-refractivity contribution >= 4 is 73.2 Å². The number of halogens is 3. The number of ether oxygens (including phenoxy) is 1. The van der Waals surface area contributed by atoms with Crippen molar-refractivity contribution in [1.82, 2.24) is 5.32 Å². The number of phenolic OH excluding ortho intramolecular Hbond substituents is 1. The Balaban J connectivity index is 2.38. The minimum Gasteiger partial charge on any atom is -0.506 e. The molecule has 30 heavy (non-hydrogen) atoms. The van der Waals surface area contributed by atoms with Crippen molar-refractivity contribution < 1.29 is 24.5 Å². The van der Waals surface area contributed by atoms with E-state index in [4.69, 9.17) is 4.74 Å². The fraction of sp³-hybridized carbons (Fsp3) is 0.333. The summed E-state index contributed by atoms with van der Waals surface area (Å²) in [5.41, 5.74) is 1.84. The Labute approximate surface area is 211 Å². The Morgan fingerprint density at radius 3 is 2.47 bits per heavy atom. The van der Waals surface area contributed by atoms with Crippen LogP contribution in [0.25, 0.3) is 0 Å². The van der Waals surface area contributed by atoms with Crippen LogP contribution in [0, 0.1) is 7.14 Å². The van der Waals surface area contributed by atoms with Crippen LogP contribution in [-0.2, 0) is 22.4 Å². The largest absolute Gasteiger partial charge is 0.506 e. The van der Waals surface area contributed by atoms with Crippen LogP contribution in [0.5, 0.6) is 5.75 Å². The lowest BCUT2D eigenvalue weighted by Crippen LogP contribution is -2.44. The average Bonchev–Trinajstić information content (AvgIpc) is 2.61. The molecular formula is C21H22BrI2NO5. The molecule has 0 spiro atoms. The van der Waals surface area contributed by atoms with Gasteiger partial charge in [0, 0.05) is 10.9 Å². The highest BCUT2D eigenvalue weighted by molar-refractivity contribution is 14.1. The smallest absolute Gasteiger partial charge is 0.408 e. The summed E-state index contributed by atoms with van der Waals surface area (Å²) in [6, 6.07) is 8.37. The van der Waals surface area contributed by atoms with Gasteiger partial charge < -0.3 is 20.3 Å². The molecular weight excluding hydrogens is 680 g/mol. The van der Waals surface area contributed by atoms with Gasteiger partial charge in [0.2, 0.25) is 0 Å². The lowest BCUT2D eigenvalue weighted by atomic mass is 9.95. The molecule has 0 saturated heterocycles. The van der Waals surface area contributed by atoms with E-state index in [1.54, 1.807) is 26.8 Å². The molecule has 2 rings (SSSR count). The number of alkyl carbamates (subject to hydrolysis) is 1. The summed E-state index contributed by atoms with van der Waals surface area (Å²) in [6.45, 7) is 5.13. The molecule has 1 atom stereocenters. The molecule has 162 valence electrons. The van der Waals surface area contributed by atoms with Crippen LogP contribution in [0.15, 0.2) is 34.8 Å². The number of carboxylic acids is 1. The SMILES string of the molecule is CC(C)(C)OC(=O)N[C@@H](Cc1cc(I)c(O)c(I)c1Cc1cccc(Br)c1)C(=O)O. The predicted octanol–water partition coefficient (Wildman–Crippen LogP) is 5.48. The normalized spacial score (nSPS) is 12.3. The molecule has 6 nitrogen and oxygen atoms in total. The Morgan fingerprint density at radius 2 is 1.90 bits per heavy atom. The monoisotopic (exact) mass is 701 g/mol. The summed E-state index contributed by atoms with van der Waals surface area (Å²) >= 11 is 7.54. The zero-order valence-corrected chi connectivity index (χ0v) is 22.5. The Hall–Kier alpha value is -1.08. The van der Waals surface area contributed by atoms with Gasteiger partial charge in [0.05, 0.1) is 7.14 Å². The van der Waals surface area contributed by atoms with Gasteiger partial charge in [-0.15, -0.1) is 0 Å². The fourth-order valence-corrected chi connectivity index (χ4v) is 5.23. The minimum atomic E-state index is -1.17. The van der Waals surface area contributed by atoms with Gasteiger partial charge in [-0.05, 0) is 107 Å². The predicted molar refractivity (Wildman–Crippen MR) is 135 cm³/mol. The second-order valence-corrected chi connectivity index (χ2v) is 10.9. The number of rotatable bonds is 6. The Kier molecular flexibility index (Phi) is 8.80. The van der Waals surface area contributed by atoms with Gasteiger partial charge in [-0.2, -0.15) is 0 Å². The standard InChI is InChI=1S/C21H22BrI2NO5/c1-21(2,3)30-20(29)25-16(19(27)28)10-12-9-15(23)18(26)17(24)14(12)8-11-5-4-6-13(22)7-11/h4-7,9,16,26H,8,10H2,1-3H3,(H,25,29)(H,27,28)/t16-/m0/s1. The third kappa shape index (κ3) is 7.26. The van der Waals surface area contributed by atoms with E-state index >= 15 is 0 Å². The van der Waals surface area contributed by atoms with E-state index in [0.29, 0.717) is 13.6 Å². The number of hydrogen-bond acceptors (Lipinski definition) is 4. The number of amides is 1. The molecule has 0 unspecified atom stereocenters. The van der Waals surface area contributed by atoms with Crippen molar-refractivity contribution in [1.29, 1.82) is 0 Å². The van der Waals surface area contributed by atoms with E-state index in [9.17, 15) is 19.8 Å². The van der Waals surface area contributed by atoms with E-state index in [1.165, 1.54) is 0 Å². The lowest BCUT2D eigenvalue weighted by molar-refractivity contribution is -0.139. The Morgan fingerprint density at radius 1 is 1.23 bits per heavy atom. The molecule has 2 aromatic rings. The molecule has 0 heterocycles. The Bertz CT molecular complexity index is 959. The second-order valence-electron chi connectivity index (χ2n) is 7.71. The maximum atomic E-state index is 12.1. The number of hydrogen-bond donors (Lipinski definition) is 3. The van der Waals surface area contributed by atoms with Crippen LogP contribution < -0.4 is 5.32 Å². The van der Waals surface area contributed by atoms with Gasteiger partial charge in [0.1, 0.15) is 17.4 Å².